The summed E-state index contributed by atoms with van der Waals surface area (Å²) in [5.74, 6) is 1.49. The molecular weight excluding hydrogens is 170 g/mol. The van der Waals surface area contributed by atoms with Gasteiger partial charge in [-0.25, -0.2) is 0 Å². The molecule has 0 rings (SSSR count). The molecule has 0 N–H and O–H groups in total. The molecule has 0 amide bonds. The van der Waals surface area contributed by atoms with Crippen molar-refractivity contribution in [3.8, 4) is 0 Å². The summed E-state index contributed by atoms with van der Waals surface area (Å²) in [6.45, 7) is 11.2. The fraction of sp³-hybridized carbons (Fsp3) is 1.00. The van der Waals surface area contributed by atoms with E-state index in [2.05, 4.69) is 32.6 Å². The molecule has 1 unspecified atom stereocenters. The summed E-state index contributed by atoms with van der Waals surface area (Å²) in [6, 6.07) is 0.672. The first kappa shape index (κ1) is 12.2. The van der Waals surface area contributed by atoms with Crippen LogP contribution >= 0.6 is 11.6 Å². The van der Waals surface area contributed by atoms with Crippen LogP contribution in [0.3, 0.4) is 0 Å². The van der Waals surface area contributed by atoms with E-state index >= 15 is 0 Å². The van der Waals surface area contributed by atoms with E-state index in [0.29, 0.717) is 6.04 Å². The van der Waals surface area contributed by atoms with Gasteiger partial charge in [-0.15, -0.1) is 11.6 Å². The van der Waals surface area contributed by atoms with Crippen molar-refractivity contribution < 1.29 is 0 Å². The normalized spacial score (nSPS) is 14.2. The van der Waals surface area contributed by atoms with Gasteiger partial charge in [0.05, 0.1) is 0 Å². The van der Waals surface area contributed by atoms with E-state index in [-0.39, 0.29) is 0 Å². The average molecular weight is 192 g/mol. The van der Waals surface area contributed by atoms with Crippen LogP contribution in [-0.4, -0.2) is 29.9 Å². The van der Waals surface area contributed by atoms with Crippen LogP contribution in [0, 0.1) is 5.92 Å². The van der Waals surface area contributed by atoms with Crippen molar-refractivity contribution in [2.24, 2.45) is 5.92 Å². The molecule has 0 heterocycles. The van der Waals surface area contributed by atoms with E-state index in [9.17, 15) is 0 Å². The van der Waals surface area contributed by atoms with Crippen molar-refractivity contribution in [2.45, 2.75) is 40.2 Å². The minimum atomic E-state index is 0.672. The van der Waals surface area contributed by atoms with E-state index in [0.717, 1.165) is 18.3 Å². The second-order valence-corrected chi connectivity index (χ2v) is 4.21. The lowest BCUT2D eigenvalue weighted by molar-refractivity contribution is 0.193. The van der Waals surface area contributed by atoms with Gasteiger partial charge < -0.3 is 0 Å². The summed E-state index contributed by atoms with van der Waals surface area (Å²) < 4.78 is 0. The minimum Gasteiger partial charge on any atom is -0.299 e. The van der Waals surface area contributed by atoms with Crippen molar-refractivity contribution in [2.75, 3.05) is 19.0 Å². The second-order valence-electron chi connectivity index (χ2n) is 3.84. The number of hydrogen-bond donors (Lipinski definition) is 0. The molecule has 0 aliphatic heterocycles. The summed E-state index contributed by atoms with van der Waals surface area (Å²) in [4.78, 5) is 2.47. The van der Waals surface area contributed by atoms with Gasteiger partial charge >= 0.3 is 0 Å². The third-order valence-corrected chi connectivity index (χ3v) is 2.35. The van der Waals surface area contributed by atoms with Gasteiger partial charge in [-0.2, -0.15) is 0 Å². The van der Waals surface area contributed by atoms with Gasteiger partial charge in [-0.3, -0.25) is 4.90 Å². The van der Waals surface area contributed by atoms with E-state index in [1.54, 1.807) is 0 Å². The first-order chi connectivity index (χ1) is 5.61. The Kier molecular flexibility index (Phi) is 6.87. The number of hydrogen-bond acceptors (Lipinski definition) is 1. The first-order valence-electron chi connectivity index (χ1n) is 4.91. The Morgan fingerprint density at radius 2 is 1.83 bits per heavy atom. The number of nitrogens with zero attached hydrogens (tertiary/aromatic N) is 1. The standard InChI is InChI=1S/C10H22ClN/c1-5-10(4)12(7-6-11)8-9(2)3/h9-10H,5-8H2,1-4H3. The summed E-state index contributed by atoms with van der Waals surface area (Å²) in [7, 11) is 0. The molecule has 0 aliphatic carbocycles. The summed E-state index contributed by atoms with van der Waals surface area (Å²) in [5.41, 5.74) is 0. The minimum absolute atomic E-state index is 0.672. The summed E-state index contributed by atoms with van der Waals surface area (Å²) in [6.07, 6.45) is 1.21. The number of halogens is 1. The summed E-state index contributed by atoms with van der Waals surface area (Å²) in [5, 5.41) is 0. The fourth-order valence-electron chi connectivity index (χ4n) is 1.33. The molecule has 0 saturated heterocycles. The summed E-state index contributed by atoms with van der Waals surface area (Å²) >= 11 is 5.74. The van der Waals surface area contributed by atoms with Gasteiger partial charge in [0.1, 0.15) is 0 Å². The zero-order valence-corrected chi connectivity index (χ0v) is 9.56. The van der Waals surface area contributed by atoms with Crippen molar-refractivity contribution in [3.63, 3.8) is 0 Å². The highest BCUT2D eigenvalue weighted by molar-refractivity contribution is 6.18. The lowest BCUT2D eigenvalue weighted by atomic mass is 10.1. The molecule has 0 fully saturated rings. The molecule has 0 bridgehead atoms. The van der Waals surface area contributed by atoms with Gasteiger partial charge in [0.25, 0.3) is 0 Å². The average Bonchev–Trinajstić information content (AvgIpc) is 2.01. The van der Waals surface area contributed by atoms with Gasteiger partial charge in [-0.05, 0) is 19.3 Å². The van der Waals surface area contributed by atoms with E-state index in [1.165, 1.54) is 13.0 Å². The van der Waals surface area contributed by atoms with Crippen molar-refractivity contribution in [1.29, 1.82) is 0 Å². The van der Waals surface area contributed by atoms with Crippen molar-refractivity contribution in [3.05, 3.63) is 0 Å². The van der Waals surface area contributed by atoms with Crippen LogP contribution in [0.5, 0.6) is 0 Å². The smallest absolute Gasteiger partial charge is 0.0351 e. The Hall–Kier alpha value is 0.250. The Labute approximate surface area is 82.1 Å². The molecule has 0 saturated carbocycles. The second kappa shape index (κ2) is 6.73. The number of alkyl halides is 1. The van der Waals surface area contributed by atoms with Crippen LogP contribution in [0.2, 0.25) is 0 Å². The van der Waals surface area contributed by atoms with Crippen LogP contribution in [0.15, 0.2) is 0 Å². The lowest BCUT2D eigenvalue weighted by Gasteiger charge is -2.29. The first-order valence-corrected chi connectivity index (χ1v) is 5.45. The molecule has 0 aliphatic rings. The molecule has 1 atom stereocenters. The predicted octanol–water partition coefficient (Wildman–Crippen LogP) is 2.98. The zero-order valence-electron chi connectivity index (χ0n) is 8.81. The third kappa shape index (κ3) is 5.00. The van der Waals surface area contributed by atoms with Crippen LogP contribution in [0.1, 0.15) is 34.1 Å². The maximum Gasteiger partial charge on any atom is 0.0351 e. The molecule has 0 spiro atoms. The van der Waals surface area contributed by atoms with Crippen LogP contribution in [0.25, 0.3) is 0 Å². The van der Waals surface area contributed by atoms with Crippen LogP contribution in [0.4, 0.5) is 0 Å². The maximum atomic E-state index is 5.74. The lowest BCUT2D eigenvalue weighted by Crippen LogP contribution is -2.37. The van der Waals surface area contributed by atoms with Crippen LogP contribution in [-0.2, 0) is 0 Å². The van der Waals surface area contributed by atoms with Crippen LogP contribution < -0.4 is 0 Å². The maximum absolute atomic E-state index is 5.74. The van der Waals surface area contributed by atoms with Gasteiger partial charge in [-0.1, -0.05) is 20.8 Å². The molecule has 0 aromatic carbocycles. The topological polar surface area (TPSA) is 3.24 Å². The largest absolute Gasteiger partial charge is 0.299 e. The number of rotatable bonds is 6. The quantitative estimate of drug-likeness (QED) is 0.584. The Morgan fingerprint density at radius 1 is 1.25 bits per heavy atom. The molecule has 12 heavy (non-hydrogen) atoms. The SMILES string of the molecule is CCC(C)N(CCCl)CC(C)C. The predicted molar refractivity (Wildman–Crippen MR) is 56.9 cm³/mol. The monoisotopic (exact) mass is 191 g/mol. The molecule has 74 valence electrons. The molecule has 0 aromatic rings. The van der Waals surface area contributed by atoms with Crippen molar-refractivity contribution >= 4 is 11.6 Å². The third-order valence-electron chi connectivity index (χ3n) is 2.19. The Morgan fingerprint density at radius 3 is 2.17 bits per heavy atom. The van der Waals surface area contributed by atoms with Gasteiger partial charge in [0, 0.05) is 25.0 Å². The van der Waals surface area contributed by atoms with Crippen molar-refractivity contribution in [1.82, 2.24) is 4.90 Å². The molecular formula is C10H22ClN. The highest BCUT2D eigenvalue weighted by Crippen LogP contribution is 2.07. The molecule has 2 heteroatoms. The highest BCUT2D eigenvalue weighted by atomic mass is 35.5. The van der Waals surface area contributed by atoms with E-state index in [4.69, 9.17) is 11.6 Å². The fourth-order valence-corrected chi connectivity index (χ4v) is 1.54. The molecule has 0 aromatic heterocycles. The van der Waals surface area contributed by atoms with E-state index in [1.807, 2.05) is 0 Å². The zero-order chi connectivity index (χ0) is 9.56. The molecule has 0 radical (unpaired) electrons. The molecule has 1 nitrogen and oxygen atoms in total. The van der Waals surface area contributed by atoms with Gasteiger partial charge in [0.2, 0.25) is 0 Å². The van der Waals surface area contributed by atoms with E-state index < -0.39 is 0 Å². The highest BCUT2D eigenvalue weighted by Gasteiger charge is 2.11. The Bertz CT molecular complexity index is 104. The Balaban J connectivity index is 3.84. The van der Waals surface area contributed by atoms with Gasteiger partial charge in [0.15, 0.2) is 0 Å².